The van der Waals surface area contributed by atoms with Crippen molar-refractivity contribution in [2.45, 2.75) is 50.2 Å². The van der Waals surface area contributed by atoms with E-state index in [1.165, 1.54) is 0 Å². The Morgan fingerprint density at radius 3 is 1.70 bits per heavy atom. The van der Waals surface area contributed by atoms with Crippen molar-refractivity contribution >= 4 is 39.8 Å². The van der Waals surface area contributed by atoms with Crippen molar-refractivity contribution in [2.24, 2.45) is 0 Å². The van der Waals surface area contributed by atoms with E-state index in [-0.39, 0.29) is 0 Å². The van der Waals surface area contributed by atoms with E-state index >= 15 is 0 Å². The van der Waals surface area contributed by atoms with Crippen LogP contribution >= 0.6 is 15.9 Å². The highest BCUT2D eigenvalue weighted by atomic mass is 79.9. The molecule has 0 aromatic heterocycles. The number of rotatable bonds is 4. The van der Waals surface area contributed by atoms with Crippen LogP contribution in [0.4, 0.5) is 0 Å². The molecule has 9 nitrogen and oxygen atoms in total. The van der Waals surface area contributed by atoms with Gasteiger partial charge in [-0.25, -0.2) is 4.79 Å². The van der Waals surface area contributed by atoms with Gasteiger partial charge in [-0.3, -0.25) is 14.4 Å². The molecule has 1 saturated heterocycles. The van der Waals surface area contributed by atoms with E-state index in [4.69, 9.17) is 18.9 Å². The van der Waals surface area contributed by atoms with Crippen LogP contribution in [0, 0.1) is 0 Å². The first-order valence-electron chi connectivity index (χ1n) is 6.56. The maximum absolute atomic E-state index is 11.9. The molecule has 0 amide bonds. The first-order chi connectivity index (χ1) is 10.7. The van der Waals surface area contributed by atoms with E-state index < -0.39 is 53.3 Å². The molecule has 0 bridgehead atoms. The second-order valence-electron chi connectivity index (χ2n) is 4.65. The lowest BCUT2D eigenvalue weighted by atomic mass is 9.99. The molecule has 0 aromatic rings. The zero-order valence-corrected chi connectivity index (χ0v) is 14.5. The van der Waals surface area contributed by atoms with Gasteiger partial charge in [-0.1, -0.05) is 15.9 Å². The van der Waals surface area contributed by atoms with Crippen molar-refractivity contribution < 1.29 is 42.9 Å². The van der Waals surface area contributed by atoms with E-state index in [2.05, 4.69) is 20.7 Å². The van der Waals surface area contributed by atoms with Gasteiger partial charge in [-0.2, -0.15) is 0 Å². The number of carbonyl (C=O) groups excluding carboxylic acids is 4. The van der Waals surface area contributed by atoms with E-state index in [1.807, 2.05) is 0 Å². The van der Waals surface area contributed by atoms with Crippen molar-refractivity contribution in [1.82, 2.24) is 0 Å². The number of methoxy groups -OCH3 is 1. The minimum Gasteiger partial charge on any atom is -0.467 e. The predicted octanol–water partition coefficient (Wildman–Crippen LogP) is 0.0743. The smallest absolute Gasteiger partial charge is 0.339 e. The quantitative estimate of drug-likeness (QED) is 0.369. The Morgan fingerprint density at radius 1 is 0.826 bits per heavy atom. The number of ether oxygens (including phenoxy) is 5. The van der Waals surface area contributed by atoms with Crippen LogP contribution in [0.2, 0.25) is 0 Å². The van der Waals surface area contributed by atoms with Gasteiger partial charge >= 0.3 is 23.9 Å². The molecule has 0 unspecified atom stereocenters. The number of esters is 4. The minimum atomic E-state index is -1.36. The van der Waals surface area contributed by atoms with E-state index in [9.17, 15) is 19.2 Å². The summed E-state index contributed by atoms with van der Waals surface area (Å²) in [4.78, 5) is 45.8. The lowest BCUT2D eigenvalue weighted by Crippen LogP contribution is -2.61. The van der Waals surface area contributed by atoms with Gasteiger partial charge < -0.3 is 23.7 Å². The SMILES string of the molecule is COC(=O)[C@@H]1O[C@H](Br)[C@H](OC(C)=O)[C@H](OC(C)=O)[C@@H]1OC(C)=O. The highest BCUT2D eigenvalue weighted by Crippen LogP contribution is 2.31. The van der Waals surface area contributed by atoms with Crippen LogP contribution in [0.1, 0.15) is 20.8 Å². The number of halogens is 1. The Balaban J connectivity index is 3.21. The van der Waals surface area contributed by atoms with Crippen LogP contribution in [-0.4, -0.2) is 60.4 Å². The van der Waals surface area contributed by atoms with Crippen LogP contribution in [0.25, 0.3) is 0 Å². The van der Waals surface area contributed by atoms with Crippen molar-refractivity contribution in [1.29, 1.82) is 0 Å². The summed E-state index contributed by atoms with van der Waals surface area (Å²) in [5, 5.41) is -0.980. The van der Waals surface area contributed by atoms with Gasteiger partial charge in [-0.05, 0) is 0 Å². The molecule has 10 heteroatoms. The fourth-order valence-electron chi connectivity index (χ4n) is 2.07. The first-order valence-corrected chi connectivity index (χ1v) is 7.48. The molecule has 1 aliphatic heterocycles. The van der Waals surface area contributed by atoms with Crippen molar-refractivity contribution in [3.05, 3.63) is 0 Å². The monoisotopic (exact) mass is 396 g/mol. The standard InChI is InChI=1S/C13H17BrO9/c1-5(15)20-8-9(21-6(2)16)11(13(18)19-4)23-12(14)10(8)22-7(3)17/h8-12H,1-4H3/t8-,9+,10-,11-,12+/m1/s1. The number of hydrogen-bond donors (Lipinski definition) is 0. The molecule has 1 fully saturated rings. The van der Waals surface area contributed by atoms with Gasteiger partial charge in [0.05, 0.1) is 7.11 Å². The Kier molecular flexibility index (Phi) is 6.95. The first kappa shape index (κ1) is 19.4. The number of carbonyl (C=O) groups is 4. The summed E-state index contributed by atoms with van der Waals surface area (Å²) >= 11 is 3.11. The third-order valence-electron chi connectivity index (χ3n) is 2.82. The van der Waals surface area contributed by atoms with Crippen LogP contribution in [-0.2, 0) is 42.9 Å². The fraction of sp³-hybridized carbons (Fsp3) is 0.692. The van der Waals surface area contributed by atoms with Gasteiger partial charge in [-0.15, -0.1) is 0 Å². The number of hydrogen-bond acceptors (Lipinski definition) is 9. The highest BCUT2D eigenvalue weighted by Gasteiger charge is 2.53. The summed E-state index contributed by atoms with van der Waals surface area (Å²) in [6.45, 7) is 3.39. The average molecular weight is 397 g/mol. The molecule has 130 valence electrons. The van der Waals surface area contributed by atoms with Crippen LogP contribution in [0.5, 0.6) is 0 Å². The summed E-state index contributed by atoms with van der Waals surface area (Å²) in [6.07, 6.45) is -5.06. The molecule has 0 spiro atoms. The third-order valence-corrected chi connectivity index (χ3v) is 3.56. The second-order valence-corrected chi connectivity index (χ2v) is 5.56. The summed E-state index contributed by atoms with van der Waals surface area (Å²) in [7, 11) is 1.12. The van der Waals surface area contributed by atoms with E-state index in [0.29, 0.717) is 0 Å². The summed E-state index contributed by atoms with van der Waals surface area (Å²) < 4.78 is 25.2. The van der Waals surface area contributed by atoms with Crippen LogP contribution < -0.4 is 0 Å². The molecule has 0 N–H and O–H groups in total. The van der Waals surface area contributed by atoms with Gasteiger partial charge in [0.15, 0.2) is 29.4 Å². The molecular formula is C13H17BrO9. The molecule has 1 rings (SSSR count). The van der Waals surface area contributed by atoms with Crippen LogP contribution in [0.3, 0.4) is 0 Å². The van der Waals surface area contributed by atoms with Gasteiger partial charge in [0.2, 0.25) is 0 Å². The molecule has 0 aromatic carbocycles. The fourth-order valence-corrected chi connectivity index (χ4v) is 2.71. The lowest BCUT2D eigenvalue weighted by molar-refractivity contribution is -0.234. The molecule has 1 aliphatic rings. The van der Waals surface area contributed by atoms with Crippen LogP contribution in [0.15, 0.2) is 0 Å². The molecule has 5 atom stereocenters. The summed E-state index contributed by atoms with van der Waals surface area (Å²) in [5.41, 5.74) is 0. The van der Waals surface area contributed by atoms with Crippen molar-refractivity contribution in [3.8, 4) is 0 Å². The highest BCUT2D eigenvalue weighted by molar-refractivity contribution is 9.09. The Morgan fingerprint density at radius 2 is 1.26 bits per heavy atom. The van der Waals surface area contributed by atoms with Crippen molar-refractivity contribution in [2.75, 3.05) is 7.11 Å². The van der Waals surface area contributed by atoms with Gasteiger partial charge in [0, 0.05) is 20.8 Å². The Hall–Kier alpha value is -1.68. The zero-order chi connectivity index (χ0) is 17.7. The molecule has 23 heavy (non-hydrogen) atoms. The third kappa shape index (κ3) is 5.17. The zero-order valence-electron chi connectivity index (χ0n) is 12.9. The lowest BCUT2D eigenvalue weighted by Gasteiger charge is -2.41. The largest absolute Gasteiger partial charge is 0.467 e. The average Bonchev–Trinajstić information content (AvgIpc) is 2.43. The Labute approximate surface area is 140 Å². The minimum absolute atomic E-state index is 0.668. The summed E-state index contributed by atoms with van der Waals surface area (Å²) in [5.74, 6) is -2.95. The molecule has 0 radical (unpaired) electrons. The summed E-state index contributed by atoms with van der Waals surface area (Å²) in [6, 6.07) is 0. The van der Waals surface area contributed by atoms with Gasteiger partial charge in [0.25, 0.3) is 0 Å². The van der Waals surface area contributed by atoms with Crippen molar-refractivity contribution in [3.63, 3.8) is 0 Å². The topological polar surface area (TPSA) is 114 Å². The maximum Gasteiger partial charge on any atom is 0.339 e. The molecular weight excluding hydrogens is 380 g/mol. The maximum atomic E-state index is 11.9. The van der Waals surface area contributed by atoms with Gasteiger partial charge in [0.1, 0.15) is 0 Å². The predicted molar refractivity (Wildman–Crippen MR) is 76.3 cm³/mol. The second kappa shape index (κ2) is 8.25. The molecule has 0 saturated carbocycles. The van der Waals surface area contributed by atoms with E-state index in [1.54, 1.807) is 0 Å². The van der Waals surface area contributed by atoms with E-state index in [0.717, 1.165) is 27.9 Å². The Bertz CT molecular complexity index is 492. The molecule has 1 heterocycles. The normalized spacial score (nSPS) is 30.0. The number of alkyl halides is 1. The molecule has 0 aliphatic carbocycles.